The molecule has 0 saturated carbocycles. The summed E-state index contributed by atoms with van der Waals surface area (Å²) in [6, 6.07) is 2.41. The molecule has 1 aromatic rings. The molecular weight excluding hydrogens is 233 g/mol. The minimum atomic E-state index is -4.48. The monoisotopic (exact) mass is 248 g/mol. The third-order valence-corrected chi connectivity index (χ3v) is 2.42. The van der Waals surface area contributed by atoms with E-state index < -0.39 is 12.2 Å². The number of nitrogens with zero attached hydrogens (tertiary/aromatic N) is 1. The van der Waals surface area contributed by atoms with E-state index in [2.05, 4.69) is 0 Å². The summed E-state index contributed by atoms with van der Waals surface area (Å²) in [5, 5.41) is 0. The lowest BCUT2D eigenvalue weighted by Gasteiger charge is -2.21. The van der Waals surface area contributed by atoms with Crippen molar-refractivity contribution in [3.05, 3.63) is 23.8 Å². The van der Waals surface area contributed by atoms with Gasteiger partial charge in [0.05, 0.1) is 7.11 Å². The first-order valence-electron chi connectivity index (χ1n) is 4.95. The van der Waals surface area contributed by atoms with Crippen LogP contribution in [0, 0.1) is 0 Å². The first kappa shape index (κ1) is 13.6. The Bertz CT molecular complexity index is 391. The molecule has 0 aliphatic carbocycles. The Labute approximate surface area is 98.0 Å². The molecule has 1 atom stereocenters. The quantitative estimate of drug-likeness (QED) is 0.892. The van der Waals surface area contributed by atoms with Gasteiger partial charge in [0.2, 0.25) is 0 Å². The summed E-state index contributed by atoms with van der Waals surface area (Å²) in [5.74, 6) is 0.140. The van der Waals surface area contributed by atoms with Crippen LogP contribution in [0.5, 0.6) is 5.75 Å². The average molecular weight is 248 g/mol. The second kappa shape index (κ2) is 4.83. The van der Waals surface area contributed by atoms with Crippen LogP contribution in [0.3, 0.4) is 0 Å². The van der Waals surface area contributed by atoms with Crippen LogP contribution in [0.1, 0.15) is 11.6 Å². The van der Waals surface area contributed by atoms with Crippen LogP contribution in [0.15, 0.2) is 18.2 Å². The van der Waals surface area contributed by atoms with E-state index in [-0.39, 0.29) is 11.3 Å². The van der Waals surface area contributed by atoms with Crippen LogP contribution in [0.2, 0.25) is 0 Å². The Hall–Kier alpha value is -1.43. The van der Waals surface area contributed by atoms with E-state index >= 15 is 0 Å². The number of nitrogens with two attached hydrogens (primary N) is 1. The smallest absolute Gasteiger partial charge is 0.407 e. The number of alkyl halides is 3. The van der Waals surface area contributed by atoms with Gasteiger partial charge in [0.15, 0.2) is 0 Å². The van der Waals surface area contributed by atoms with Crippen LogP contribution >= 0.6 is 0 Å². The highest BCUT2D eigenvalue weighted by atomic mass is 19.4. The normalized spacial score (nSPS) is 13.4. The number of methoxy groups -OCH3 is 1. The molecule has 3 nitrogen and oxygen atoms in total. The summed E-state index contributed by atoms with van der Waals surface area (Å²) < 4.78 is 42.5. The fourth-order valence-corrected chi connectivity index (χ4v) is 1.41. The van der Waals surface area contributed by atoms with Crippen molar-refractivity contribution in [1.29, 1.82) is 0 Å². The lowest BCUT2D eigenvalue weighted by atomic mass is 10.1. The lowest BCUT2D eigenvalue weighted by Crippen LogP contribution is -2.28. The van der Waals surface area contributed by atoms with E-state index in [4.69, 9.17) is 10.5 Å². The van der Waals surface area contributed by atoms with Crippen molar-refractivity contribution in [2.24, 2.45) is 5.73 Å². The maximum absolute atomic E-state index is 12.5. The third kappa shape index (κ3) is 3.03. The van der Waals surface area contributed by atoms with Gasteiger partial charge in [0.1, 0.15) is 11.8 Å². The highest BCUT2D eigenvalue weighted by Gasteiger charge is 2.39. The number of hydrogen-bond donors (Lipinski definition) is 1. The molecule has 0 spiro atoms. The van der Waals surface area contributed by atoms with Gasteiger partial charge in [-0.15, -0.1) is 0 Å². The third-order valence-electron chi connectivity index (χ3n) is 2.42. The molecule has 96 valence electrons. The number of rotatable bonds is 3. The van der Waals surface area contributed by atoms with Crippen molar-refractivity contribution in [3.8, 4) is 5.75 Å². The molecule has 0 amide bonds. The van der Waals surface area contributed by atoms with Gasteiger partial charge in [-0.2, -0.15) is 13.2 Å². The summed E-state index contributed by atoms with van der Waals surface area (Å²) >= 11 is 0. The summed E-state index contributed by atoms with van der Waals surface area (Å²) in [5.41, 5.74) is 5.84. The van der Waals surface area contributed by atoms with Crippen molar-refractivity contribution in [3.63, 3.8) is 0 Å². The molecule has 1 aromatic carbocycles. The molecule has 0 unspecified atom stereocenters. The second-order valence-corrected chi connectivity index (χ2v) is 3.84. The van der Waals surface area contributed by atoms with E-state index in [0.717, 1.165) is 5.69 Å². The van der Waals surface area contributed by atoms with Gasteiger partial charge in [-0.1, -0.05) is 6.07 Å². The van der Waals surface area contributed by atoms with Gasteiger partial charge in [-0.3, -0.25) is 0 Å². The van der Waals surface area contributed by atoms with Crippen molar-refractivity contribution in [1.82, 2.24) is 0 Å². The van der Waals surface area contributed by atoms with Crippen LogP contribution in [0.25, 0.3) is 0 Å². The maximum atomic E-state index is 12.5. The Balaban J connectivity index is 3.17. The van der Waals surface area contributed by atoms with Crippen LogP contribution < -0.4 is 15.4 Å². The summed E-state index contributed by atoms with van der Waals surface area (Å²) in [4.78, 5) is 1.77. The zero-order valence-electron chi connectivity index (χ0n) is 9.88. The molecule has 0 aliphatic heterocycles. The highest BCUT2D eigenvalue weighted by molar-refractivity contribution is 5.53. The van der Waals surface area contributed by atoms with E-state index in [9.17, 15) is 13.2 Å². The SMILES string of the molecule is COc1cc(N(C)C)ccc1[C@H](N)C(F)(F)F. The Morgan fingerprint density at radius 1 is 1.29 bits per heavy atom. The molecule has 0 aliphatic rings. The van der Waals surface area contributed by atoms with Crippen molar-refractivity contribution >= 4 is 5.69 Å². The maximum Gasteiger partial charge on any atom is 0.407 e. The molecule has 0 radical (unpaired) electrons. The molecule has 6 heteroatoms. The van der Waals surface area contributed by atoms with Gasteiger partial charge in [0, 0.05) is 31.4 Å². The Morgan fingerprint density at radius 3 is 2.29 bits per heavy atom. The van der Waals surface area contributed by atoms with Crippen molar-refractivity contribution in [2.75, 3.05) is 26.1 Å². The number of anilines is 1. The molecule has 0 heterocycles. The first-order valence-corrected chi connectivity index (χ1v) is 4.95. The van der Waals surface area contributed by atoms with Gasteiger partial charge in [-0.25, -0.2) is 0 Å². The standard InChI is InChI=1S/C11H15F3N2O/c1-16(2)7-4-5-8(9(6-7)17-3)10(15)11(12,13)14/h4-6,10H,15H2,1-3H3/t10-/m0/s1. The molecular formula is C11H15F3N2O. The average Bonchev–Trinajstić information content (AvgIpc) is 2.25. The number of benzene rings is 1. The van der Waals surface area contributed by atoms with E-state index in [0.29, 0.717) is 0 Å². The Kier molecular flexibility index (Phi) is 3.87. The Morgan fingerprint density at radius 2 is 1.88 bits per heavy atom. The van der Waals surface area contributed by atoms with Gasteiger partial charge < -0.3 is 15.4 Å². The highest BCUT2D eigenvalue weighted by Crippen LogP contribution is 2.36. The molecule has 1 rings (SSSR count). The molecule has 0 aromatic heterocycles. The van der Waals surface area contributed by atoms with Gasteiger partial charge >= 0.3 is 6.18 Å². The molecule has 0 saturated heterocycles. The largest absolute Gasteiger partial charge is 0.496 e. The summed E-state index contributed by atoms with van der Waals surface area (Å²) in [7, 11) is 4.90. The predicted molar refractivity (Wildman–Crippen MR) is 60.3 cm³/mol. The van der Waals surface area contributed by atoms with Gasteiger partial charge in [-0.05, 0) is 6.07 Å². The fraction of sp³-hybridized carbons (Fsp3) is 0.455. The summed E-state index contributed by atoms with van der Waals surface area (Å²) in [6.45, 7) is 0. The molecule has 0 fully saturated rings. The minimum Gasteiger partial charge on any atom is -0.496 e. The lowest BCUT2D eigenvalue weighted by molar-refractivity contribution is -0.149. The van der Waals surface area contributed by atoms with Gasteiger partial charge in [0.25, 0.3) is 0 Å². The van der Waals surface area contributed by atoms with Crippen LogP contribution in [-0.4, -0.2) is 27.4 Å². The van der Waals surface area contributed by atoms with Crippen molar-refractivity contribution in [2.45, 2.75) is 12.2 Å². The number of halogens is 3. The zero-order chi connectivity index (χ0) is 13.2. The minimum absolute atomic E-state index is 0.0643. The van der Waals surface area contributed by atoms with Crippen molar-refractivity contribution < 1.29 is 17.9 Å². The number of hydrogen-bond acceptors (Lipinski definition) is 3. The summed E-state index contributed by atoms with van der Waals surface area (Å²) in [6.07, 6.45) is -4.48. The second-order valence-electron chi connectivity index (χ2n) is 3.84. The predicted octanol–water partition coefficient (Wildman–Crippen LogP) is 2.32. The fourth-order valence-electron chi connectivity index (χ4n) is 1.41. The van der Waals surface area contributed by atoms with Crippen LogP contribution in [-0.2, 0) is 0 Å². The van der Waals surface area contributed by atoms with E-state index in [1.54, 1.807) is 25.1 Å². The molecule has 2 N–H and O–H groups in total. The van der Waals surface area contributed by atoms with E-state index in [1.165, 1.54) is 19.2 Å². The molecule has 0 bridgehead atoms. The van der Waals surface area contributed by atoms with Crippen LogP contribution in [0.4, 0.5) is 18.9 Å². The number of ether oxygens (including phenoxy) is 1. The zero-order valence-corrected chi connectivity index (χ0v) is 9.88. The molecule has 17 heavy (non-hydrogen) atoms. The van der Waals surface area contributed by atoms with E-state index in [1.807, 2.05) is 0 Å². The topological polar surface area (TPSA) is 38.5 Å². The first-order chi connectivity index (χ1) is 7.77.